The van der Waals surface area contributed by atoms with Gasteiger partial charge in [0.25, 0.3) is 5.91 Å². The SMILES string of the molecule is Cc1ccc(C(C)NC(=O)c2n[nH]c(C)n2)cc1. The maximum atomic E-state index is 11.9. The first-order chi connectivity index (χ1) is 8.56. The van der Waals surface area contributed by atoms with Crippen LogP contribution in [0.3, 0.4) is 0 Å². The van der Waals surface area contributed by atoms with Crippen molar-refractivity contribution in [3.63, 3.8) is 0 Å². The first-order valence-corrected chi connectivity index (χ1v) is 5.82. The van der Waals surface area contributed by atoms with Gasteiger partial charge < -0.3 is 5.32 Å². The molecule has 0 saturated heterocycles. The number of aromatic nitrogens is 3. The summed E-state index contributed by atoms with van der Waals surface area (Å²) in [6.45, 7) is 5.72. The molecule has 0 bridgehead atoms. The van der Waals surface area contributed by atoms with Crippen LogP contribution in [0.5, 0.6) is 0 Å². The lowest BCUT2D eigenvalue weighted by molar-refractivity contribution is 0.0929. The summed E-state index contributed by atoms with van der Waals surface area (Å²) in [5.41, 5.74) is 2.25. The van der Waals surface area contributed by atoms with E-state index in [2.05, 4.69) is 20.5 Å². The van der Waals surface area contributed by atoms with Crippen molar-refractivity contribution < 1.29 is 4.79 Å². The Bertz CT molecular complexity index is 544. The molecule has 1 atom stereocenters. The molecule has 0 saturated carbocycles. The highest BCUT2D eigenvalue weighted by Gasteiger charge is 2.14. The molecule has 0 spiro atoms. The van der Waals surface area contributed by atoms with E-state index in [0.29, 0.717) is 5.82 Å². The maximum Gasteiger partial charge on any atom is 0.291 e. The minimum absolute atomic E-state index is 0.0723. The Morgan fingerprint density at radius 1 is 1.28 bits per heavy atom. The van der Waals surface area contributed by atoms with E-state index in [1.54, 1.807) is 6.92 Å². The van der Waals surface area contributed by atoms with Crippen LogP contribution in [-0.4, -0.2) is 21.1 Å². The lowest BCUT2D eigenvalue weighted by atomic mass is 10.1. The number of carbonyl (C=O) groups excluding carboxylic acids is 1. The zero-order valence-corrected chi connectivity index (χ0v) is 10.7. The van der Waals surface area contributed by atoms with Gasteiger partial charge in [0.15, 0.2) is 0 Å². The largest absolute Gasteiger partial charge is 0.343 e. The van der Waals surface area contributed by atoms with E-state index < -0.39 is 0 Å². The van der Waals surface area contributed by atoms with Crippen LogP contribution in [0.15, 0.2) is 24.3 Å². The number of hydrogen-bond acceptors (Lipinski definition) is 3. The third-order valence-electron chi connectivity index (χ3n) is 2.73. The number of nitrogens with one attached hydrogen (secondary N) is 2. The van der Waals surface area contributed by atoms with E-state index in [9.17, 15) is 4.79 Å². The zero-order chi connectivity index (χ0) is 13.1. The predicted molar refractivity (Wildman–Crippen MR) is 68.2 cm³/mol. The summed E-state index contributed by atoms with van der Waals surface area (Å²) in [6, 6.07) is 7.98. The Kier molecular flexibility index (Phi) is 3.41. The minimum atomic E-state index is -0.271. The van der Waals surface area contributed by atoms with Crippen LogP contribution in [-0.2, 0) is 0 Å². The van der Waals surface area contributed by atoms with Gasteiger partial charge in [-0.2, -0.15) is 0 Å². The first-order valence-electron chi connectivity index (χ1n) is 5.82. The molecule has 18 heavy (non-hydrogen) atoms. The molecular weight excluding hydrogens is 228 g/mol. The molecule has 1 amide bonds. The monoisotopic (exact) mass is 244 g/mol. The van der Waals surface area contributed by atoms with Crippen LogP contribution in [0.4, 0.5) is 0 Å². The van der Waals surface area contributed by atoms with Crippen molar-refractivity contribution in [3.8, 4) is 0 Å². The number of carbonyl (C=O) groups is 1. The summed E-state index contributed by atoms with van der Waals surface area (Å²) in [4.78, 5) is 15.8. The smallest absolute Gasteiger partial charge is 0.291 e. The summed E-state index contributed by atoms with van der Waals surface area (Å²) < 4.78 is 0. The average Bonchev–Trinajstić information content (AvgIpc) is 2.76. The second-order valence-electron chi connectivity index (χ2n) is 4.35. The van der Waals surface area contributed by atoms with Crippen molar-refractivity contribution in [2.75, 3.05) is 0 Å². The van der Waals surface area contributed by atoms with Gasteiger partial charge in [-0.25, -0.2) is 4.98 Å². The fraction of sp³-hybridized carbons (Fsp3) is 0.308. The van der Waals surface area contributed by atoms with E-state index in [-0.39, 0.29) is 17.8 Å². The topological polar surface area (TPSA) is 70.7 Å². The first kappa shape index (κ1) is 12.3. The lowest BCUT2D eigenvalue weighted by Gasteiger charge is -2.13. The number of H-pyrrole nitrogens is 1. The second-order valence-corrected chi connectivity index (χ2v) is 4.35. The molecule has 5 nitrogen and oxygen atoms in total. The summed E-state index contributed by atoms with van der Waals surface area (Å²) in [7, 11) is 0. The average molecular weight is 244 g/mol. The number of aryl methyl sites for hydroxylation is 2. The van der Waals surface area contributed by atoms with Gasteiger partial charge in [-0.05, 0) is 26.3 Å². The predicted octanol–water partition coefficient (Wildman–Crippen LogP) is 1.91. The van der Waals surface area contributed by atoms with Crippen molar-refractivity contribution in [3.05, 3.63) is 47.0 Å². The van der Waals surface area contributed by atoms with Crippen LogP contribution in [0, 0.1) is 13.8 Å². The van der Waals surface area contributed by atoms with Gasteiger partial charge >= 0.3 is 0 Å². The van der Waals surface area contributed by atoms with Crippen LogP contribution >= 0.6 is 0 Å². The highest BCUT2D eigenvalue weighted by atomic mass is 16.2. The normalized spacial score (nSPS) is 12.2. The zero-order valence-electron chi connectivity index (χ0n) is 10.7. The Morgan fingerprint density at radius 2 is 1.94 bits per heavy atom. The molecule has 2 N–H and O–H groups in total. The number of hydrogen-bond donors (Lipinski definition) is 2. The Balaban J connectivity index is 2.05. The minimum Gasteiger partial charge on any atom is -0.343 e. The highest BCUT2D eigenvalue weighted by molar-refractivity contribution is 5.90. The summed E-state index contributed by atoms with van der Waals surface area (Å²) in [5.74, 6) is 0.530. The van der Waals surface area contributed by atoms with Crippen LogP contribution in [0.2, 0.25) is 0 Å². The molecule has 0 aliphatic carbocycles. The maximum absolute atomic E-state index is 11.9. The Hall–Kier alpha value is -2.17. The standard InChI is InChI=1S/C13H16N4O/c1-8-4-6-11(7-5-8)9(2)14-13(18)12-15-10(3)16-17-12/h4-7,9H,1-3H3,(H,14,18)(H,15,16,17). The van der Waals surface area contributed by atoms with Gasteiger partial charge in [0.05, 0.1) is 6.04 Å². The van der Waals surface area contributed by atoms with Crippen molar-refractivity contribution in [1.82, 2.24) is 20.5 Å². The lowest BCUT2D eigenvalue weighted by Crippen LogP contribution is -2.27. The molecule has 0 radical (unpaired) electrons. The number of nitrogens with zero attached hydrogens (tertiary/aromatic N) is 2. The van der Waals surface area contributed by atoms with Gasteiger partial charge in [-0.15, -0.1) is 5.10 Å². The molecule has 0 aliphatic rings. The van der Waals surface area contributed by atoms with Crippen molar-refractivity contribution in [2.45, 2.75) is 26.8 Å². The molecule has 1 unspecified atom stereocenters. The molecule has 5 heteroatoms. The molecule has 1 aromatic heterocycles. The van der Waals surface area contributed by atoms with Crippen molar-refractivity contribution in [2.24, 2.45) is 0 Å². The summed E-state index contributed by atoms with van der Waals surface area (Å²) in [5, 5.41) is 9.34. The van der Waals surface area contributed by atoms with Gasteiger partial charge in [0.1, 0.15) is 5.82 Å². The summed E-state index contributed by atoms with van der Waals surface area (Å²) >= 11 is 0. The number of aromatic amines is 1. The third kappa shape index (κ3) is 2.74. The molecule has 0 fully saturated rings. The quantitative estimate of drug-likeness (QED) is 0.866. The molecular formula is C13H16N4O. The van der Waals surface area contributed by atoms with Gasteiger partial charge in [-0.1, -0.05) is 29.8 Å². The van der Waals surface area contributed by atoms with E-state index in [1.165, 1.54) is 5.56 Å². The van der Waals surface area contributed by atoms with Crippen LogP contribution < -0.4 is 5.32 Å². The van der Waals surface area contributed by atoms with Gasteiger partial charge in [-0.3, -0.25) is 9.89 Å². The fourth-order valence-electron chi connectivity index (χ4n) is 1.64. The second kappa shape index (κ2) is 5.00. The molecule has 94 valence electrons. The third-order valence-corrected chi connectivity index (χ3v) is 2.73. The Morgan fingerprint density at radius 3 is 2.50 bits per heavy atom. The van der Waals surface area contributed by atoms with E-state index in [4.69, 9.17) is 0 Å². The number of benzene rings is 1. The summed E-state index contributed by atoms with van der Waals surface area (Å²) in [6.07, 6.45) is 0. The van der Waals surface area contributed by atoms with E-state index in [1.807, 2.05) is 38.1 Å². The van der Waals surface area contributed by atoms with Gasteiger partial charge in [0, 0.05) is 0 Å². The van der Waals surface area contributed by atoms with Crippen LogP contribution in [0.25, 0.3) is 0 Å². The fourth-order valence-corrected chi connectivity index (χ4v) is 1.64. The molecule has 2 rings (SSSR count). The molecule has 0 aliphatic heterocycles. The van der Waals surface area contributed by atoms with E-state index >= 15 is 0 Å². The van der Waals surface area contributed by atoms with Gasteiger partial charge in [0.2, 0.25) is 5.82 Å². The van der Waals surface area contributed by atoms with Crippen molar-refractivity contribution in [1.29, 1.82) is 0 Å². The Labute approximate surface area is 106 Å². The molecule has 1 aromatic carbocycles. The molecule has 1 heterocycles. The van der Waals surface area contributed by atoms with Crippen molar-refractivity contribution >= 4 is 5.91 Å². The number of amides is 1. The molecule has 2 aromatic rings. The van der Waals surface area contributed by atoms with E-state index in [0.717, 1.165) is 5.56 Å². The van der Waals surface area contributed by atoms with Crippen LogP contribution in [0.1, 0.15) is 40.5 Å². The number of rotatable bonds is 3. The highest BCUT2D eigenvalue weighted by Crippen LogP contribution is 2.13.